The Kier molecular flexibility index (Phi) is 4.93. The number of hydrogen-bond acceptors (Lipinski definition) is 3. The normalized spacial score (nSPS) is 18.4. The van der Waals surface area contributed by atoms with E-state index in [2.05, 4.69) is 11.9 Å². The molecule has 1 aliphatic heterocycles. The van der Waals surface area contributed by atoms with Crippen molar-refractivity contribution in [3.63, 3.8) is 0 Å². The van der Waals surface area contributed by atoms with Gasteiger partial charge in [0.05, 0.1) is 0 Å². The maximum atomic E-state index is 11.8. The zero-order valence-corrected chi connectivity index (χ0v) is 10.9. The summed E-state index contributed by atoms with van der Waals surface area (Å²) in [4.78, 5) is 26.6. The van der Waals surface area contributed by atoms with Crippen molar-refractivity contribution in [2.24, 2.45) is 11.7 Å². The van der Waals surface area contributed by atoms with Crippen molar-refractivity contribution in [2.75, 3.05) is 33.7 Å². The van der Waals surface area contributed by atoms with E-state index in [0.29, 0.717) is 12.5 Å². The fourth-order valence-corrected chi connectivity index (χ4v) is 2.11. The van der Waals surface area contributed by atoms with E-state index in [1.807, 2.05) is 0 Å². The van der Waals surface area contributed by atoms with Crippen molar-refractivity contribution in [3.05, 3.63) is 5.92 Å². The highest BCUT2D eigenvalue weighted by molar-refractivity contribution is 6.13. The van der Waals surface area contributed by atoms with E-state index in [0.717, 1.165) is 25.9 Å². The molecular formula is C12H22N3O2. The zero-order valence-electron chi connectivity index (χ0n) is 10.9. The first-order chi connectivity index (χ1) is 7.91. The van der Waals surface area contributed by atoms with Crippen LogP contribution in [0.5, 0.6) is 0 Å². The van der Waals surface area contributed by atoms with Crippen LogP contribution in [0.25, 0.3) is 0 Å². The monoisotopic (exact) mass is 240 g/mol. The van der Waals surface area contributed by atoms with Crippen molar-refractivity contribution in [2.45, 2.75) is 19.8 Å². The summed E-state index contributed by atoms with van der Waals surface area (Å²) in [5, 5.41) is 0. The molecule has 0 spiro atoms. The van der Waals surface area contributed by atoms with Crippen LogP contribution >= 0.6 is 0 Å². The summed E-state index contributed by atoms with van der Waals surface area (Å²) >= 11 is 0. The molecule has 1 aliphatic rings. The second-order valence-electron chi connectivity index (χ2n) is 4.92. The van der Waals surface area contributed by atoms with Gasteiger partial charge >= 0.3 is 0 Å². The molecule has 1 saturated heterocycles. The molecule has 1 fully saturated rings. The quantitative estimate of drug-likeness (QED) is 0.696. The highest BCUT2D eigenvalue weighted by Gasteiger charge is 2.26. The number of carbonyl (C=O) groups excluding carboxylic acids is 2. The van der Waals surface area contributed by atoms with Crippen molar-refractivity contribution < 1.29 is 9.59 Å². The summed E-state index contributed by atoms with van der Waals surface area (Å²) in [5.41, 5.74) is 5.10. The molecule has 2 N–H and O–H groups in total. The number of amides is 2. The number of likely N-dealkylation sites (tertiary alicyclic amines) is 1. The minimum Gasteiger partial charge on any atom is -0.369 e. The predicted molar refractivity (Wildman–Crippen MR) is 66.0 cm³/mol. The van der Waals surface area contributed by atoms with Gasteiger partial charge in [0, 0.05) is 13.6 Å². The molecule has 0 aliphatic carbocycles. The number of hydrogen-bond donors (Lipinski definition) is 1. The fraction of sp³-hybridized carbons (Fsp3) is 0.750. The molecule has 5 nitrogen and oxygen atoms in total. The highest BCUT2D eigenvalue weighted by atomic mass is 16.2. The van der Waals surface area contributed by atoms with Crippen LogP contribution in [0.15, 0.2) is 0 Å². The minimum atomic E-state index is -0.634. The molecule has 0 atom stereocenters. The van der Waals surface area contributed by atoms with Crippen LogP contribution in [-0.2, 0) is 9.59 Å². The Hall–Kier alpha value is -1.10. The third kappa shape index (κ3) is 4.00. The number of nitrogens with zero attached hydrogens (tertiary/aromatic N) is 2. The lowest BCUT2D eigenvalue weighted by atomic mass is 9.96. The number of primary amides is 1. The molecule has 5 heteroatoms. The lowest BCUT2D eigenvalue weighted by Crippen LogP contribution is -2.41. The smallest absolute Gasteiger partial charge is 0.239 e. The van der Waals surface area contributed by atoms with Crippen molar-refractivity contribution in [3.8, 4) is 0 Å². The van der Waals surface area contributed by atoms with Gasteiger partial charge in [-0.2, -0.15) is 0 Å². The van der Waals surface area contributed by atoms with Crippen LogP contribution in [0, 0.1) is 11.8 Å². The van der Waals surface area contributed by atoms with Crippen molar-refractivity contribution in [1.29, 1.82) is 0 Å². The maximum absolute atomic E-state index is 11.8. The summed E-state index contributed by atoms with van der Waals surface area (Å²) in [6, 6.07) is 0. The molecule has 0 bridgehead atoms. The molecular weight excluding hydrogens is 218 g/mol. The molecule has 2 amide bonds. The van der Waals surface area contributed by atoms with Gasteiger partial charge in [-0.1, -0.05) is 0 Å². The molecule has 0 aromatic heterocycles. The Morgan fingerprint density at radius 2 is 1.88 bits per heavy atom. The molecule has 1 rings (SSSR count). The van der Waals surface area contributed by atoms with Gasteiger partial charge in [-0.05, 0) is 45.8 Å². The SMILES string of the molecule is C[C](C(N)=O)C(=O)N(C)CC1CCN(C)CC1. The first-order valence-electron chi connectivity index (χ1n) is 5.99. The van der Waals surface area contributed by atoms with Crippen LogP contribution < -0.4 is 5.73 Å². The van der Waals surface area contributed by atoms with E-state index < -0.39 is 5.91 Å². The second-order valence-corrected chi connectivity index (χ2v) is 4.92. The fourth-order valence-electron chi connectivity index (χ4n) is 2.11. The van der Waals surface area contributed by atoms with Crippen LogP contribution in [0.4, 0.5) is 0 Å². The Labute approximate surface area is 103 Å². The van der Waals surface area contributed by atoms with E-state index >= 15 is 0 Å². The third-order valence-electron chi connectivity index (χ3n) is 3.41. The van der Waals surface area contributed by atoms with Gasteiger partial charge in [-0.15, -0.1) is 0 Å². The molecule has 0 unspecified atom stereocenters. The van der Waals surface area contributed by atoms with E-state index in [4.69, 9.17) is 5.73 Å². The van der Waals surface area contributed by atoms with Gasteiger partial charge in [-0.3, -0.25) is 9.59 Å². The van der Waals surface area contributed by atoms with Gasteiger partial charge < -0.3 is 15.5 Å². The van der Waals surface area contributed by atoms with E-state index in [1.54, 1.807) is 11.9 Å². The van der Waals surface area contributed by atoms with Crippen LogP contribution in [-0.4, -0.2) is 55.3 Å². The first kappa shape index (κ1) is 14.0. The van der Waals surface area contributed by atoms with Gasteiger partial charge in [0.25, 0.3) is 0 Å². The summed E-state index contributed by atoms with van der Waals surface area (Å²) in [6.07, 6.45) is 2.20. The van der Waals surface area contributed by atoms with Crippen LogP contribution in [0.2, 0.25) is 0 Å². The minimum absolute atomic E-state index is 0.112. The summed E-state index contributed by atoms with van der Waals surface area (Å²) < 4.78 is 0. The standard InChI is InChI=1S/C12H22N3O2/c1-9(11(13)16)12(17)15(3)8-10-4-6-14(2)7-5-10/h10H,4-8H2,1-3H3,(H2,13,16). The van der Waals surface area contributed by atoms with Gasteiger partial charge in [0.2, 0.25) is 11.8 Å². The average molecular weight is 240 g/mol. The van der Waals surface area contributed by atoms with Crippen molar-refractivity contribution in [1.82, 2.24) is 9.80 Å². The van der Waals surface area contributed by atoms with Crippen LogP contribution in [0.1, 0.15) is 19.8 Å². The highest BCUT2D eigenvalue weighted by Crippen LogP contribution is 2.17. The number of piperidine rings is 1. The molecule has 0 saturated carbocycles. The Morgan fingerprint density at radius 1 is 1.35 bits per heavy atom. The van der Waals surface area contributed by atoms with Gasteiger partial charge in [0.15, 0.2) is 0 Å². The molecule has 0 aromatic rings. The lowest BCUT2D eigenvalue weighted by Gasteiger charge is -2.32. The Bertz CT molecular complexity index is 285. The third-order valence-corrected chi connectivity index (χ3v) is 3.41. The lowest BCUT2D eigenvalue weighted by molar-refractivity contribution is -0.132. The average Bonchev–Trinajstić information content (AvgIpc) is 2.30. The predicted octanol–water partition coefficient (Wildman–Crippen LogP) is -0.134. The first-order valence-corrected chi connectivity index (χ1v) is 5.99. The Morgan fingerprint density at radius 3 is 2.35 bits per heavy atom. The van der Waals surface area contributed by atoms with Crippen LogP contribution in [0.3, 0.4) is 0 Å². The number of carbonyl (C=O) groups is 2. The summed E-state index contributed by atoms with van der Waals surface area (Å²) in [5.74, 6) is -0.247. The molecule has 1 radical (unpaired) electrons. The topological polar surface area (TPSA) is 66.6 Å². The second kappa shape index (κ2) is 6.00. The molecule has 0 aromatic carbocycles. The van der Waals surface area contributed by atoms with E-state index in [1.165, 1.54) is 6.92 Å². The molecule has 1 heterocycles. The molecule has 17 heavy (non-hydrogen) atoms. The summed E-state index contributed by atoms with van der Waals surface area (Å²) in [7, 11) is 3.84. The summed E-state index contributed by atoms with van der Waals surface area (Å²) in [6.45, 7) is 4.34. The van der Waals surface area contributed by atoms with Gasteiger partial charge in [0.1, 0.15) is 5.92 Å². The van der Waals surface area contributed by atoms with Gasteiger partial charge in [-0.25, -0.2) is 0 Å². The number of nitrogens with two attached hydrogens (primary N) is 1. The number of rotatable bonds is 4. The zero-order chi connectivity index (χ0) is 13.0. The maximum Gasteiger partial charge on any atom is 0.239 e. The molecule has 97 valence electrons. The Balaban J connectivity index is 2.41. The van der Waals surface area contributed by atoms with Crippen molar-refractivity contribution >= 4 is 11.8 Å². The largest absolute Gasteiger partial charge is 0.369 e. The van der Waals surface area contributed by atoms with E-state index in [9.17, 15) is 9.59 Å². The van der Waals surface area contributed by atoms with E-state index in [-0.39, 0.29) is 11.8 Å².